The molecule has 10 rings (SSSR count). The minimum absolute atomic E-state index is 0.0452. The number of fused-ring (bicyclic) bond motifs is 5. The first-order chi connectivity index (χ1) is 26.0. The molecule has 1 nitrogen and oxygen atoms in total. The molecule has 0 unspecified atom stereocenters. The highest BCUT2D eigenvalue weighted by Gasteiger charge is 2.19. The summed E-state index contributed by atoms with van der Waals surface area (Å²) in [5.41, 5.74) is 7.22. The first kappa shape index (κ1) is 23.8. The summed E-state index contributed by atoms with van der Waals surface area (Å²) in [7, 11) is 0. The Bertz CT molecular complexity index is 3110. The van der Waals surface area contributed by atoms with Gasteiger partial charge >= 0.3 is 0 Å². The molecule has 0 fully saturated rings. The lowest BCUT2D eigenvalue weighted by molar-refractivity contribution is 0.632. The summed E-state index contributed by atoms with van der Waals surface area (Å²) in [5.74, 6) is 0.803. The Balaban J connectivity index is 1.25. The molecule has 1 aromatic heterocycles. The van der Waals surface area contributed by atoms with E-state index in [9.17, 15) is 2.74 Å². The van der Waals surface area contributed by atoms with Gasteiger partial charge in [-0.25, -0.2) is 0 Å². The topological polar surface area (TPSA) is 13.1 Å². The molecule has 10 aromatic rings. The van der Waals surface area contributed by atoms with Crippen LogP contribution in [-0.2, 0) is 0 Å². The van der Waals surface area contributed by atoms with Gasteiger partial charge in [0, 0.05) is 10.9 Å². The van der Waals surface area contributed by atoms with Crippen LogP contribution in [0.4, 0.5) is 0 Å². The lowest BCUT2D eigenvalue weighted by Gasteiger charge is -2.19. The van der Waals surface area contributed by atoms with E-state index in [0.717, 1.165) is 88.0 Å². The summed E-state index contributed by atoms with van der Waals surface area (Å²) in [6.07, 6.45) is 0. The van der Waals surface area contributed by atoms with Crippen LogP contribution >= 0.6 is 0 Å². The van der Waals surface area contributed by atoms with Crippen molar-refractivity contribution in [1.29, 1.82) is 0 Å². The van der Waals surface area contributed by atoms with Crippen molar-refractivity contribution in [3.8, 4) is 44.7 Å². The lowest BCUT2D eigenvalue weighted by atomic mass is 9.84. The molecular weight excluding hydrogens is 593 g/mol. The predicted octanol–water partition coefficient (Wildman–Crippen LogP) is 13.7. The molecular formula is C48H30O. The van der Waals surface area contributed by atoms with Crippen molar-refractivity contribution in [3.63, 3.8) is 0 Å². The third-order valence-corrected chi connectivity index (χ3v) is 9.79. The third kappa shape index (κ3) is 4.40. The first-order valence-electron chi connectivity index (χ1n) is 18.5. The molecule has 0 bridgehead atoms. The van der Waals surface area contributed by atoms with Crippen LogP contribution in [0.1, 0.15) is 5.48 Å². The minimum Gasteiger partial charge on any atom is -0.456 e. The summed E-state index contributed by atoms with van der Waals surface area (Å²) < 4.78 is 42.9. The fraction of sp³-hybridized carbons (Fsp3) is 0. The van der Waals surface area contributed by atoms with Crippen molar-refractivity contribution in [2.75, 3.05) is 0 Å². The normalized spacial score (nSPS) is 12.8. The third-order valence-electron chi connectivity index (χ3n) is 9.79. The molecule has 9 aromatic carbocycles. The monoisotopic (exact) mass is 626 g/mol. The highest BCUT2D eigenvalue weighted by atomic mass is 16.3. The maximum absolute atomic E-state index is 9.38. The van der Waals surface area contributed by atoms with E-state index in [0.29, 0.717) is 10.8 Å². The summed E-state index contributed by atoms with van der Waals surface area (Å²) >= 11 is 0. The molecule has 0 saturated heterocycles. The average molecular weight is 627 g/mol. The zero-order chi connectivity index (χ0) is 35.8. The zero-order valence-corrected chi connectivity index (χ0v) is 26.4. The zero-order valence-electron chi connectivity index (χ0n) is 30.4. The van der Waals surface area contributed by atoms with Gasteiger partial charge in [-0.1, -0.05) is 164 Å². The van der Waals surface area contributed by atoms with Crippen LogP contribution < -0.4 is 0 Å². The molecule has 1 heterocycles. The maximum Gasteiger partial charge on any atom is 0.136 e. The van der Waals surface area contributed by atoms with Crippen LogP contribution in [0.3, 0.4) is 0 Å². The number of furan rings is 1. The van der Waals surface area contributed by atoms with Crippen LogP contribution in [0.5, 0.6) is 0 Å². The Morgan fingerprint density at radius 2 is 0.898 bits per heavy atom. The molecule has 49 heavy (non-hydrogen) atoms. The van der Waals surface area contributed by atoms with Crippen molar-refractivity contribution < 1.29 is 9.90 Å². The van der Waals surface area contributed by atoms with Gasteiger partial charge in [-0.3, -0.25) is 0 Å². The second kappa shape index (κ2) is 11.1. The van der Waals surface area contributed by atoms with E-state index in [1.165, 1.54) is 0 Å². The van der Waals surface area contributed by atoms with Gasteiger partial charge in [0.2, 0.25) is 0 Å². The summed E-state index contributed by atoms with van der Waals surface area (Å²) in [4.78, 5) is 0. The average Bonchev–Trinajstić information content (AvgIpc) is 3.65. The Morgan fingerprint density at radius 1 is 0.367 bits per heavy atom. The molecule has 0 aliphatic carbocycles. The molecule has 0 N–H and O–H groups in total. The molecule has 0 amide bonds. The molecule has 0 aliphatic heterocycles. The van der Waals surface area contributed by atoms with Crippen LogP contribution in [0.15, 0.2) is 186 Å². The first-order valence-corrected chi connectivity index (χ1v) is 16.5. The summed E-state index contributed by atoms with van der Waals surface area (Å²) in [5, 5.41) is 8.25. The standard InChI is InChI=1S/C48H30O/c1-3-19-35-31(13-1)15-10-26-38(35)46-30-44-37(25-12-28-45(44)49-46)33-17-9-18-34(29-33)47-40-21-5-7-23-42(40)48(43-24-8-6-22-41(43)47)39-27-11-16-32-14-2-4-20-36(32)39/h1-30H/i5D,7D,21D,23D. The molecule has 0 spiro atoms. The van der Waals surface area contributed by atoms with Crippen LogP contribution in [0, 0.1) is 0 Å². The SMILES string of the molecule is [2H]c1c([2H])c([2H])c2c(-c3cccc4ccccc34)c3ccccc3c(-c3cccc(-c4cccc5oc(-c6cccc7ccccc67)cc45)c3)c2c1[2H]. The Labute approximate surface area is 289 Å². The quantitative estimate of drug-likeness (QED) is 0.177. The largest absolute Gasteiger partial charge is 0.456 e. The number of benzene rings is 9. The highest BCUT2D eigenvalue weighted by molar-refractivity contribution is 6.23. The van der Waals surface area contributed by atoms with Gasteiger partial charge in [0.15, 0.2) is 0 Å². The fourth-order valence-corrected chi connectivity index (χ4v) is 7.63. The van der Waals surface area contributed by atoms with Gasteiger partial charge in [0.25, 0.3) is 0 Å². The number of hydrogen-bond donors (Lipinski definition) is 0. The Morgan fingerprint density at radius 3 is 1.65 bits per heavy atom. The van der Waals surface area contributed by atoms with Crippen LogP contribution in [-0.4, -0.2) is 0 Å². The van der Waals surface area contributed by atoms with E-state index >= 15 is 0 Å². The highest BCUT2D eigenvalue weighted by Crippen LogP contribution is 2.46. The number of rotatable bonds is 4. The lowest BCUT2D eigenvalue weighted by Crippen LogP contribution is -1.92. The van der Waals surface area contributed by atoms with Gasteiger partial charge in [-0.05, 0) is 94.7 Å². The molecule has 0 aliphatic rings. The summed E-state index contributed by atoms with van der Waals surface area (Å²) in [6.45, 7) is 0. The van der Waals surface area contributed by atoms with Gasteiger partial charge in [0.05, 0.1) is 5.48 Å². The van der Waals surface area contributed by atoms with Crippen LogP contribution in [0.25, 0.3) is 98.8 Å². The molecule has 0 atom stereocenters. The Hall–Kier alpha value is -6.44. The second-order valence-corrected chi connectivity index (χ2v) is 12.5. The van der Waals surface area contributed by atoms with Crippen molar-refractivity contribution in [2.45, 2.75) is 0 Å². The van der Waals surface area contributed by atoms with Crippen molar-refractivity contribution in [3.05, 3.63) is 182 Å². The van der Waals surface area contributed by atoms with E-state index in [2.05, 4.69) is 91.0 Å². The van der Waals surface area contributed by atoms with Gasteiger partial charge in [0.1, 0.15) is 11.3 Å². The van der Waals surface area contributed by atoms with Crippen molar-refractivity contribution in [2.24, 2.45) is 0 Å². The predicted molar refractivity (Wildman–Crippen MR) is 208 cm³/mol. The van der Waals surface area contributed by atoms with Crippen LogP contribution in [0.2, 0.25) is 0 Å². The smallest absolute Gasteiger partial charge is 0.136 e. The molecule has 0 saturated carbocycles. The van der Waals surface area contributed by atoms with E-state index in [-0.39, 0.29) is 24.2 Å². The van der Waals surface area contributed by atoms with E-state index in [1.807, 2.05) is 66.7 Å². The second-order valence-electron chi connectivity index (χ2n) is 12.5. The van der Waals surface area contributed by atoms with Gasteiger partial charge in [-0.15, -0.1) is 0 Å². The fourth-order valence-electron chi connectivity index (χ4n) is 7.63. The van der Waals surface area contributed by atoms with Gasteiger partial charge in [-0.2, -0.15) is 0 Å². The molecule has 228 valence electrons. The van der Waals surface area contributed by atoms with E-state index in [4.69, 9.17) is 7.16 Å². The van der Waals surface area contributed by atoms with E-state index < -0.39 is 0 Å². The van der Waals surface area contributed by atoms with Crippen molar-refractivity contribution >= 4 is 54.1 Å². The molecule has 0 radical (unpaired) electrons. The molecule has 1 heteroatoms. The van der Waals surface area contributed by atoms with Gasteiger partial charge < -0.3 is 4.42 Å². The minimum atomic E-state index is -0.247. The Kier molecular flexibility index (Phi) is 5.38. The van der Waals surface area contributed by atoms with Crippen molar-refractivity contribution in [1.82, 2.24) is 0 Å². The maximum atomic E-state index is 9.38. The van der Waals surface area contributed by atoms with E-state index in [1.54, 1.807) is 0 Å². The summed E-state index contributed by atoms with van der Waals surface area (Å²) in [6, 6.07) is 53.0. The number of hydrogen-bond acceptors (Lipinski definition) is 1.